The fourth-order valence-corrected chi connectivity index (χ4v) is 5.93. The molecule has 37 heavy (non-hydrogen) atoms. The highest BCUT2D eigenvalue weighted by molar-refractivity contribution is 7.92. The summed E-state index contributed by atoms with van der Waals surface area (Å²) in [4.78, 5) is 18.0. The molecule has 11 heteroatoms. The molecule has 2 aromatic heterocycles. The lowest BCUT2D eigenvalue weighted by atomic mass is 9.99. The van der Waals surface area contributed by atoms with E-state index in [-0.39, 0.29) is 16.9 Å². The van der Waals surface area contributed by atoms with E-state index in [0.717, 1.165) is 61.8 Å². The van der Waals surface area contributed by atoms with Gasteiger partial charge in [0.1, 0.15) is 16.5 Å². The van der Waals surface area contributed by atoms with Crippen LogP contribution in [0.2, 0.25) is 0 Å². The number of hydrogen-bond acceptors (Lipinski definition) is 6. The Bertz CT molecular complexity index is 1610. The highest BCUT2D eigenvalue weighted by Gasteiger charge is 2.26. The SMILES string of the molecule is C[C@H](c1ccccc1CN1CCCCC1)n1c(=O)oc2cc(S(=O)(=O)Nc3cccc(F)n3)c(F)cc21. The van der Waals surface area contributed by atoms with Crippen LogP contribution in [0.1, 0.15) is 43.4 Å². The zero-order valence-corrected chi connectivity index (χ0v) is 21.0. The number of piperidine rings is 1. The van der Waals surface area contributed by atoms with Gasteiger partial charge in [0.2, 0.25) is 5.95 Å². The van der Waals surface area contributed by atoms with Crippen LogP contribution in [0.4, 0.5) is 14.6 Å². The second-order valence-corrected chi connectivity index (χ2v) is 10.8. The van der Waals surface area contributed by atoms with Crippen LogP contribution in [0.3, 0.4) is 0 Å². The highest BCUT2D eigenvalue weighted by Crippen LogP contribution is 2.29. The lowest BCUT2D eigenvalue weighted by molar-refractivity contribution is 0.220. The van der Waals surface area contributed by atoms with Crippen molar-refractivity contribution in [3.8, 4) is 0 Å². The highest BCUT2D eigenvalue weighted by atomic mass is 32.2. The summed E-state index contributed by atoms with van der Waals surface area (Å²) in [6, 6.07) is 12.8. The molecular formula is C26H26F2N4O4S. The molecule has 0 saturated carbocycles. The summed E-state index contributed by atoms with van der Waals surface area (Å²) in [5, 5.41) is 0. The molecule has 1 fully saturated rings. The van der Waals surface area contributed by atoms with Crippen LogP contribution in [0, 0.1) is 11.8 Å². The maximum Gasteiger partial charge on any atom is 0.420 e. The van der Waals surface area contributed by atoms with Crippen molar-refractivity contribution in [1.82, 2.24) is 14.5 Å². The quantitative estimate of drug-likeness (QED) is 0.351. The van der Waals surface area contributed by atoms with Crippen LogP contribution >= 0.6 is 0 Å². The molecule has 1 saturated heterocycles. The van der Waals surface area contributed by atoms with E-state index in [1.807, 2.05) is 35.9 Å². The standard InChI is InChI=1S/C26H26F2N4O4S/c1-17(19-9-4-3-8-18(19)16-31-12-5-2-6-13-31)32-21-14-20(27)23(15-22(21)36-26(32)33)37(34,35)30-25-11-7-10-24(28)29-25/h3-4,7-11,14-15,17H,2,5-6,12-13,16H2,1H3,(H,29,30)/t17-/m1/s1. The summed E-state index contributed by atoms with van der Waals surface area (Å²) < 4.78 is 62.9. The lowest BCUT2D eigenvalue weighted by Crippen LogP contribution is -2.30. The van der Waals surface area contributed by atoms with Crippen LogP contribution in [0.5, 0.6) is 0 Å². The van der Waals surface area contributed by atoms with Crippen LogP contribution in [-0.2, 0) is 16.6 Å². The zero-order chi connectivity index (χ0) is 26.2. The Morgan fingerprint density at radius 3 is 2.57 bits per heavy atom. The number of aromatic nitrogens is 2. The van der Waals surface area contributed by atoms with E-state index in [9.17, 15) is 17.6 Å². The van der Waals surface area contributed by atoms with Gasteiger partial charge in [-0.2, -0.15) is 4.39 Å². The van der Waals surface area contributed by atoms with Gasteiger partial charge in [-0.3, -0.25) is 14.2 Å². The van der Waals surface area contributed by atoms with Gasteiger partial charge in [-0.15, -0.1) is 0 Å². The predicted octanol–water partition coefficient (Wildman–Crippen LogP) is 4.66. The third-order valence-corrected chi connectivity index (χ3v) is 8.02. The van der Waals surface area contributed by atoms with E-state index < -0.39 is 38.5 Å². The minimum Gasteiger partial charge on any atom is -0.408 e. The van der Waals surface area contributed by atoms with Crippen molar-refractivity contribution in [1.29, 1.82) is 0 Å². The van der Waals surface area contributed by atoms with E-state index in [2.05, 4.69) is 9.88 Å². The largest absolute Gasteiger partial charge is 0.420 e. The fraction of sp³-hybridized carbons (Fsp3) is 0.308. The number of fused-ring (bicyclic) bond motifs is 1. The molecule has 8 nitrogen and oxygen atoms in total. The number of nitrogens with zero attached hydrogens (tertiary/aromatic N) is 3. The minimum absolute atomic E-state index is 0.0839. The molecule has 0 unspecified atom stereocenters. The third kappa shape index (κ3) is 5.14. The first-order valence-corrected chi connectivity index (χ1v) is 13.5. The first kappa shape index (κ1) is 25.1. The average molecular weight is 529 g/mol. The molecule has 0 aliphatic carbocycles. The maximum absolute atomic E-state index is 15.2. The van der Waals surface area contributed by atoms with E-state index in [0.29, 0.717) is 0 Å². The van der Waals surface area contributed by atoms with E-state index in [4.69, 9.17) is 4.42 Å². The van der Waals surface area contributed by atoms with Gasteiger partial charge in [0, 0.05) is 18.7 Å². The molecular weight excluding hydrogens is 502 g/mol. The Hall–Kier alpha value is -3.57. The van der Waals surface area contributed by atoms with Gasteiger partial charge in [-0.05, 0) is 56.1 Å². The summed E-state index contributed by atoms with van der Waals surface area (Å²) in [6.07, 6.45) is 3.53. The second kappa shape index (κ2) is 10.1. The van der Waals surface area contributed by atoms with Gasteiger partial charge in [0.05, 0.1) is 11.6 Å². The molecule has 1 aliphatic heterocycles. The smallest absolute Gasteiger partial charge is 0.408 e. The Kier molecular flexibility index (Phi) is 6.82. The summed E-state index contributed by atoms with van der Waals surface area (Å²) in [7, 11) is -4.48. The van der Waals surface area contributed by atoms with Gasteiger partial charge in [-0.25, -0.2) is 22.6 Å². The van der Waals surface area contributed by atoms with Crippen molar-refractivity contribution >= 4 is 26.9 Å². The maximum atomic E-state index is 15.2. The van der Waals surface area contributed by atoms with Gasteiger partial charge < -0.3 is 4.42 Å². The number of oxazole rings is 1. The molecule has 1 atom stereocenters. The number of hydrogen-bond donors (Lipinski definition) is 1. The Labute approximate surface area is 212 Å². The van der Waals surface area contributed by atoms with Crippen molar-refractivity contribution < 1.29 is 21.6 Å². The van der Waals surface area contributed by atoms with Gasteiger partial charge in [0.15, 0.2) is 5.58 Å². The van der Waals surface area contributed by atoms with Crippen molar-refractivity contribution in [2.24, 2.45) is 0 Å². The molecule has 0 bridgehead atoms. The average Bonchev–Trinajstić information content (AvgIpc) is 3.18. The molecule has 2 aromatic carbocycles. The second-order valence-electron chi connectivity index (χ2n) is 9.15. The van der Waals surface area contributed by atoms with Crippen LogP contribution in [-0.4, -0.2) is 36.0 Å². The van der Waals surface area contributed by atoms with Crippen molar-refractivity contribution in [3.05, 3.63) is 88.0 Å². The molecule has 0 radical (unpaired) electrons. The number of nitrogens with one attached hydrogen (secondary N) is 1. The number of anilines is 1. The summed E-state index contributed by atoms with van der Waals surface area (Å²) in [5.74, 6) is -3.02. The monoisotopic (exact) mass is 528 g/mol. The fourth-order valence-electron chi connectivity index (χ4n) is 4.85. The van der Waals surface area contributed by atoms with E-state index >= 15 is 4.39 Å². The molecule has 1 N–H and O–H groups in total. The Morgan fingerprint density at radius 1 is 1.05 bits per heavy atom. The van der Waals surface area contributed by atoms with E-state index in [1.165, 1.54) is 23.1 Å². The number of halogens is 2. The number of benzene rings is 2. The number of sulfonamides is 1. The van der Waals surface area contributed by atoms with Crippen molar-refractivity contribution in [3.63, 3.8) is 0 Å². The molecule has 1 aliphatic rings. The number of likely N-dealkylation sites (tertiary alicyclic amines) is 1. The van der Waals surface area contributed by atoms with E-state index in [1.54, 1.807) is 0 Å². The summed E-state index contributed by atoms with van der Waals surface area (Å²) in [5.41, 5.74) is 2.00. The predicted molar refractivity (Wildman–Crippen MR) is 135 cm³/mol. The topological polar surface area (TPSA) is 97.4 Å². The van der Waals surface area contributed by atoms with Gasteiger partial charge in [-0.1, -0.05) is 36.8 Å². The minimum atomic E-state index is -4.48. The first-order chi connectivity index (χ1) is 17.7. The van der Waals surface area contributed by atoms with Crippen LogP contribution < -0.4 is 10.5 Å². The van der Waals surface area contributed by atoms with Crippen molar-refractivity contribution in [2.75, 3.05) is 17.8 Å². The third-order valence-electron chi connectivity index (χ3n) is 6.65. The Balaban J connectivity index is 1.51. The summed E-state index contributed by atoms with van der Waals surface area (Å²) >= 11 is 0. The first-order valence-electron chi connectivity index (χ1n) is 12.0. The molecule has 5 rings (SSSR count). The molecule has 3 heterocycles. The van der Waals surface area contributed by atoms with Crippen molar-refractivity contribution in [2.45, 2.75) is 43.7 Å². The normalized spacial score (nSPS) is 15.6. The number of pyridine rings is 1. The van der Waals surface area contributed by atoms with Gasteiger partial charge >= 0.3 is 5.76 Å². The molecule has 194 valence electrons. The molecule has 0 amide bonds. The molecule has 0 spiro atoms. The lowest BCUT2D eigenvalue weighted by Gasteiger charge is -2.28. The van der Waals surface area contributed by atoms with Gasteiger partial charge in [0.25, 0.3) is 10.0 Å². The zero-order valence-electron chi connectivity index (χ0n) is 20.2. The van der Waals surface area contributed by atoms with Crippen LogP contribution in [0.25, 0.3) is 11.1 Å². The Morgan fingerprint density at radius 2 is 1.81 bits per heavy atom. The molecule has 4 aromatic rings. The number of rotatable bonds is 7. The summed E-state index contributed by atoms with van der Waals surface area (Å²) in [6.45, 7) is 4.59. The van der Waals surface area contributed by atoms with Crippen LogP contribution in [0.15, 0.2) is 68.7 Å².